The van der Waals surface area contributed by atoms with Gasteiger partial charge in [0.05, 0.1) is 6.54 Å². The van der Waals surface area contributed by atoms with Crippen molar-refractivity contribution >= 4 is 17.5 Å². The molecule has 21 heavy (non-hydrogen) atoms. The van der Waals surface area contributed by atoms with Gasteiger partial charge in [-0.15, -0.1) is 0 Å². The van der Waals surface area contributed by atoms with Crippen molar-refractivity contribution in [1.29, 1.82) is 0 Å². The molecule has 2 atom stereocenters. The van der Waals surface area contributed by atoms with Crippen molar-refractivity contribution in [2.75, 3.05) is 26.7 Å². The number of rotatable bonds is 4. The Morgan fingerprint density at radius 2 is 2.29 bits per heavy atom. The van der Waals surface area contributed by atoms with Crippen LogP contribution in [0.25, 0.3) is 0 Å². The van der Waals surface area contributed by atoms with E-state index in [2.05, 4.69) is 11.8 Å². The molecule has 5 heteroatoms. The number of amides is 1. The third-order valence-corrected chi connectivity index (χ3v) is 4.38. The van der Waals surface area contributed by atoms with Crippen LogP contribution in [0.2, 0.25) is 5.02 Å². The molecule has 116 valence electrons. The SMILES string of the molecule is CC1CN(CC(=O)N(C)Cc2cccc(Cl)c2)CCC1N. The lowest BCUT2D eigenvalue weighted by molar-refractivity contribution is -0.132. The minimum Gasteiger partial charge on any atom is -0.340 e. The minimum atomic E-state index is 0.137. The molecular weight excluding hydrogens is 286 g/mol. The molecule has 0 radical (unpaired) electrons. The Labute approximate surface area is 131 Å². The van der Waals surface area contributed by atoms with Crippen molar-refractivity contribution in [3.8, 4) is 0 Å². The zero-order valence-electron chi connectivity index (χ0n) is 12.8. The van der Waals surface area contributed by atoms with E-state index < -0.39 is 0 Å². The lowest BCUT2D eigenvalue weighted by atomic mass is 9.95. The molecule has 1 fully saturated rings. The number of piperidine rings is 1. The van der Waals surface area contributed by atoms with Gasteiger partial charge in [0, 0.05) is 37.7 Å². The number of carbonyl (C=O) groups excluding carboxylic acids is 1. The maximum absolute atomic E-state index is 12.3. The van der Waals surface area contributed by atoms with Gasteiger partial charge >= 0.3 is 0 Å². The highest BCUT2D eigenvalue weighted by Crippen LogP contribution is 2.15. The van der Waals surface area contributed by atoms with E-state index in [0.29, 0.717) is 24.0 Å². The average molecular weight is 310 g/mol. The Morgan fingerprint density at radius 3 is 2.95 bits per heavy atom. The highest BCUT2D eigenvalue weighted by atomic mass is 35.5. The summed E-state index contributed by atoms with van der Waals surface area (Å²) >= 11 is 5.97. The van der Waals surface area contributed by atoms with E-state index in [-0.39, 0.29) is 11.9 Å². The molecule has 1 saturated heterocycles. The molecule has 1 aromatic carbocycles. The summed E-state index contributed by atoms with van der Waals surface area (Å²) in [5.74, 6) is 0.586. The van der Waals surface area contributed by atoms with Gasteiger partial charge in [-0.05, 0) is 30.0 Å². The van der Waals surface area contributed by atoms with Gasteiger partial charge in [0.1, 0.15) is 0 Å². The number of nitrogens with two attached hydrogens (primary N) is 1. The number of nitrogens with zero attached hydrogens (tertiary/aromatic N) is 2. The predicted octanol–water partition coefficient (Wildman–Crippen LogP) is 1.97. The molecular formula is C16H24ClN3O. The van der Waals surface area contributed by atoms with Crippen LogP contribution in [0.3, 0.4) is 0 Å². The second-order valence-electron chi connectivity index (χ2n) is 6.04. The standard InChI is InChI=1S/C16H24ClN3O/c1-12-9-20(7-6-15(12)18)11-16(21)19(2)10-13-4-3-5-14(17)8-13/h3-5,8,12,15H,6-7,9-11,18H2,1-2H3. The number of carbonyl (C=O) groups is 1. The third kappa shape index (κ3) is 4.70. The Kier molecular flexibility index (Phi) is 5.62. The predicted molar refractivity (Wildman–Crippen MR) is 86.1 cm³/mol. The summed E-state index contributed by atoms with van der Waals surface area (Å²) in [5.41, 5.74) is 7.06. The molecule has 0 spiro atoms. The van der Waals surface area contributed by atoms with Gasteiger partial charge in [0.2, 0.25) is 5.91 Å². The van der Waals surface area contributed by atoms with Crippen molar-refractivity contribution in [1.82, 2.24) is 9.80 Å². The molecule has 1 aliphatic heterocycles. The van der Waals surface area contributed by atoms with Gasteiger partial charge in [-0.25, -0.2) is 0 Å². The summed E-state index contributed by atoms with van der Waals surface area (Å²) in [6.07, 6.45) is 0.965. The fourth-order valence-electron chi connectivity index (χ4n) is 2.70. The zero-order valence-corrected chi connectivity index (χ0v) is 13.5. The van der Waals surface area contributed by atoms with Gasteiger partial charge < -0.3 is 10.6 Å². The first-order valence-electron chi connectivity index (χ1n) is 7.42. The fourth-order valence-corrected chi connectivity index (χ4v) is 2.92. The molecule has 0 aliphatic carbocycles. The average Bonchev–Trinajstić information content (AvgIpc) is 2.43. The van der Waals surface area contributed by atoms with Gasteiger partial charge in [0.15, 0.2) is 0 Å². The lowest BCUT2D eigenvalue weighted by Crippen LogP contribution is -2.49. The molecule has 2 N–H and O–H groups in total. The van der Waals surface area contributed by atoms with Gasteiger partial charge in [-0.1, -0.05) is 30.7 Å². The lowest BCUT2D eigenvalue weighted by Gasteiger charge is -2.35. The van der Waals surface area contributed by atoms with Crippen LogP contribution in [-0.4, -0.2) is 48.4 Å². The van der Waals surface area contributed by atoms with Crippen molar-refractivity contribution in [2.45, 2.75) is 25.9 Å². The zero-order chi connectivity index (χ0) is 15.4. The highest BCUT2D eigenvalue weighted by Gasteiger charge is 2.25. The summed E-state index contributed by atoms with van der Waals surface area (Å²) < 4.78 is 0. The normalized spacial score (nSPS) is 23.0. The van der Waals surface area contributed by atoms with Crippen molar-refractivity contribution in [2.24, 2.45) is 11.7 Å². The maximum atomic E-state index is 12.3. The van der Waals surface area contributed by atoms with Gasteiger partial charge in [0.25, 0.3) is 0 Å². The summed E-state index contributed by atoms with van der Waals surface area (Å²) in [5, 5.41) is 0.701. The first-order valence-corrected chi connectivity index (χ1v) is 7.80. The number of hydrogen-bond donors (Lipinski definition) is 1. The molecule has 1 aromatic rings. The molecule has 0 bridgehead atoms. The quantitative estimate of drug-likeness (QED) is 0.925. The van der Waals surface area contributed by atoms with E-state index in [0.717, 1.165) is 25.1 Å². The number of likely N-dealkylation sites (tertiary alicyclic amines) is 1. The number of hydrogen-bond acceptors (Lipinski definition) is 3. The number of halogens is 1. The number of likely N-dealkylation sites (N-methyl/N-ethyl adjacent to an activating group) is 1. The van der Waals surface area contributed by atoms with E-state index in [1.807, 2.05) is 31.3 Å². The second kappa shape index (κ2) is 7.25. The number of benzene rings is 1. The van der Waals surface area contributed by atoms with Crippen LogP contribution in [0.5, 0.6) is 0 Å². The molecule has 0 aromatic heterocycles. The van der Waals surface area contributed by atoms with E-state index in [9.17, 15) is 4.79 Å². The Balaban J connectivity index is 1.85. The Bertz CT molecular complexity index is 494. The van der Waals surface area contributed by atoms with Crippen LogP contribution in [0.4, 0.5) is 0 Å². The van der Waals surface area contributed by atoms with E-state index in [1.54, 1.807) is 4.90 Å². The molecule has 1 amide bonds. The first kappa shape index (κ1) is 16.3. The molecule has 2 rings (SSSR count). The summed E-state index contributed by atoms with van der Waals surface area (Å²) in [6, 6.07) is 7.89. The highest BCUT2D eigenvalue weighted by molar-refractivity contribution is 6.30. The smallest absolute Gasteiger partial charge is 0.236 e. The Hall–Kier alpha value is -1.10. The van der Waals surface area contributed by atoms with Crippen molar-refractivity contribution < 1.29 is 4.79 Å². The van der Waals surface area contributed by atoms with E-state index >= 15 is 0 Å². The van der Waals surface area contributed by atoms with Crippen LogP contribution in [0.1, 0.15) is 18.9 Å². The molecule has 4 nitrogen and oxygen atoms in total. The summed E-state index contributed by atoms with van der Waals surface area (Å²) in [4.78, 5) is 16.3. The van der Waals surface area contributed by atoms with Gasteiger partial charge in [-0.2, -0.15) is 0 Å². The van der Waals surface area contributed by atoms with Gasteiger partial charge in [-0.3, -0.25) is 9.69 Å². The van der Waals surface area contributed by atoms with E-state index in [4.69, 9.17) is 17.3 Å². The minimum absolute atomic E-state index is 0.137. The summed E-state index contributed by atoms with van der Waals surface area (Å²) in [6.45, 7) is 5.01. The van der Waals surface area contributed by atoms with Crippen LogP contribution in [0, 0.1) is 5.92 Å². The van der Waals surface area contributed by atoms with Crippen LogP contribution < -0.4 is 5.73 Å². The monoisotopic (exact) mass is 309 g/mol. The largest absolute Gasteiger partial charge is 0.340 e. The third-order valence-electron chi connectivity index (χ3n) is 4.15. The van der Waals surface area contributed by atoms with Crippen molar-refractivity contribution in [3.05, 3.63) is 34.9 Å². The molecule has 0 saturated carbocycles. The Morgan fingerprint density at radius 1 is 1.52 bits per heavy atom. The van der Waals surface area contributed by atoms with Crippen LogP contribution in [0.15, 0.2) is 24.3 Å². The summed E-state index contributed by atoms with van der Waals surface area (Å²) in [7, 11) is 1.84. The molecule has 2 unspecified atom stereocenters. The van der Waals surface area contributed by atoms with Crippen LogP contribution in [-0.2, 0) is 11.3 Å². The topological polar surface area (TPSA) is 49.6 Å². The molecule has 1 aliphatic rings. The second-order valence-corrected chi connectivity index (χ2v) is 6.48. The van der Waals surface area contributed by atoms with Crippen LogP contribution >= 0.6 is 11.6 Å². The maximum Gasteiger partial charge on any atom is 0.236 e. The molecule has 1 heterocycles. The first-order chi connectivity index (χ1) is 9.95. The van der Waals surface area contributed by atoms with E-state index in [1.165, 1.54) is 0 Å². The fraction of sp³-hybridized carbons (Fsp3) is 0.562. The van der Waals surface area contributed by atoms with Crippen molar-refractivity contribution in [3.63, 3.8) is 0 Å².